The van der Waals surface area contributed by atoms with Crippen LogP contribution in [0.5, 0.6) is 11.5 Å². The van der Waals surface area contributed by atoms with Gasteiger partial charge in [0, 0.05) is 34.0 Å². The Balaban J connectivity index is 1.30. The van der Waals surface area contributed by atoms with E-state index in [0.29, 0.717) is 22.4 Å². The van der Waals surface area contributed by atoms with Crippen molar-refractivity contribution in [3.8, 4) is 11.5 Å². The number of benzene rings is 3. The van der Waals surface area contributed by atoms with E-state index in [-0.39, 0.29) is 74.9 Å². The van der Waals surface area contributed by atoms with Gasteiger partial charge in [-0.25, -0.2) is 14.0 Å². The van der Waals surface area contributed by atoms with Crippen molar-refractivity contribution in [2.24, 2.45) is 11.8 Å². The van der Waals surface area contributed by atoms with E-state index in [4.69, 9.17) is 37.4 Å². The standard InChI is InChI=1S/C40H38Cl2F3N3O7/c41-31-18-48(52)19-32(42)30(31)17-28(24-7-10-34(55-40(44)45)35(15-24)53-21-22-5-6-22)29-16-25(8-9-26(29)38(49)50)46-37(27-3-1-2-4-33(27)43)39(51)54-36-20-47-13-11-23(36)12-14-47/h1-4,7-10,15-16,18-19,22-23,28,36-37,40,46H,5-6,11-14,17,20-21H2,(H-,49,50,52)/p+1/t28-,36-,37?/m0/s1. The smallest absolute Gasteiger partial charge is 0.387 e. The lowest BCUT2D eigenvalue weighted by molar-refractivity contribution is -0.904. The van der Waals surface area contributed by atoms with Crippen LogP contribution in [0.1, 0.15) is 70.3 Å². The third-order valence-corrected chi connectivity index (χ3v) is 11.2. The molecule has 4 heterocycles. The molecule has 0 amide bonds. The van der Waals surface area contributed by atoms with Crippen LogP contribution in [-0.4, -0.2) is 66.1 Å². The summed E-state index contributed by atoms with van der Waals surface area (Å²) in [6.07, 6.45) is 5.72. The van der Waals surface area contributed by atoms with E-state index in [1.807, 2.05) is 0 Å². The molecule has 4 aliphatic rings. The van der Waals surface area contributed by atoms with Crippen molar-refractivity contribution in [2.75, 3.05) is 31.6 Å². The highest BCUT2D eigenvalue weighted by molar-refractivity contribution is 6.35. The minimum absolute atomic E-state index is 0.0301. The average molecular weight is 802 g/mol. The number of esters is 1. The lowest BCUT2D eigenvalue weighted by Gasteiger charge is -2.44. The number of aromatic nitrogens is 1. The third kappa shape index (κ3) is 9.06. The third-order valence-electron chi connectivity index (χ3n) is 10.5. The zero-order chi connectivity index (χ0) is 38.8. The van der Waals surface area contributed by atoms with Crippen LogP contribution in [0.2, 0.25) is 10.0 Å². The second-order valence-corrected chi connectivity index (χ2v) is 15.0. The average Bonchev–Trinajstić information content (AvgIpc) is 3.98. The molecule has 1 aromatic heterocycles. The molecule has 10 nitrogen and oxygen atoms in total. The lowest BCUT2D eigenvalue weighted by atomic mass is 9.83. The van der Waals surface area contributed by atoms with E-state index < -0.39 is 36.3 Å². The van der Waals surface area contributed by atoms with Crippen LogP contribution in [-0.2, 0) is 16.0 Å². The predicted octanol–water partition coefficient (Wildman–Crippen LogP) is 7.91. The fourth-order valence-corrected chi connectivity index (χ4v) is 8.03. The lowest BCUT2D eigenvalue weighted by Crippen LogP contribution is -2.52. The molecule has 3 aromatic carbocycles. The molecule has 2 bridgehead atoms. The van der Waals surface area contributed by atoms with Crippen LogP contribution in [0, 0.1) is 17.7 Å². The molecule has 3 atom stereocenters. The molecule has 4 fully saturated rings. The molecule has 15 heteroatoms. The minimum Gasteiger partial charge on any atom is -0.489 e. The molecule has 1 saturated carbocycles. The molecule has 3 saturated heterocycles. The molecule has 55 heavy (non-hydrogen) atoms. The number of carboxylic acids is 1. The maximum absolute atomic E-state index is 15.4. The number of pyridine rings is 1. The molecule has 0 radical (unpaired) electrons. The summed E-state index contributed by atoms with van der Waals surface area (Å²) < 4.78 is 59.8. The van der Waals surface area contributed by atoms with Crippen LogP contribution in [0.4, 0.5) is 18.9 Å². The Morgan fingerprint density at radius 3 is 2.31 bits per heavy atom. The number of alkyl halides is 2. The summed E-state index contributed by atoms with van der Waals surface area (Å²) in [5, 5.41) is 23.8. The highest BCUT2D eigenvalue weighted by Crippen LogP contribution is 2.41. The quantitative estimate of drug-likeness (QED) is 0.0626. The van der Waals surface area contributed by atoms with E-state index in [2.05, 4.69) is 10.2 Å². The van der Waals surface area contributed by atoms with Gasteiger partial charge in [0.2, 0.25) is 12.4 Å². The molecule has 8 rings (SSSR count). The number of hydrogen-bond donors (Lipinski definition) is 3. The highest BCUT2D eigenvalue weighted by atomic mass is 35.5. The first kappa shape index (κ1) is 38.6. The monoisotopic (exact) mass is 800 g/mol. The molecular formula is C40H39Cl2F3N3O7+. The summed E-state index contributed by atoms with van der Waals surface area (Å²) in [5.74, 6) is -3.17. The van der Waals surface area contributed by atoms with Gasteiger partial charge in [-0.15, -0.1) is 0 Å². The van der Waals surface area contributed by atoms with Crippen molar-refractivity contribution in [3.05, 3.63) is 117 Å². The van der Waals surface area contributed by atoms with Crippen molar-refractivity contribution in [1.82, 2.24) is 4.90 Å². The van der Waals surface area contributed by atoms with Gasteiger partial charge in [0.1, 0.15) is 22.0 Å². The van der Waals surface area contributed by atoms with Gasteiger partial charge >= 0.3 is 18.6 Å². The number of rotatable bonds is 15. The Bertz CT molecular complexity index is 2040. The minimum atomic E-state index is -3.13. The van der Waals surface area contributed by atoms with Crippen molar-refractivity contribution >= 4 is 40.8 Å². The van der Waals surface area contributed by atoms with Gasteiger partial charge in [0.15, 0.2) is 17.5 Å². The SMILES string of the molecule is O=C(O)c1ccc(NC(C(=O)O[C@H]2CN3CCC2CC3)c2ccccc2F)cc1[C@@H](Cc1c(Cl)c[n+](O)cc1Cl)c1ccc(OC(F)F)c(OCC2CC2)c1. The molecule has 3 aliphatic heterocycles. The van der Waals surface area contributed by atoms with Crippen LogP contribution in [0.3, 0.4) is 0 Å². The fraction of sp³-hybridized carbons (Fsp3) is 0.375. The summed E-state index contributed by atoms with van der Waals surface area (Å²) in [5.41, 5.74) is 1.20. The number of anilines is 1. The largest absolute Gasteiger partial charge is 0.489 e. The Hall–Kier alpha value is -4.72. The van der Waals surface area contributed by atoms with Gasteiger partial charge in [-0.3, -0.25) is 10.1 Å². The summed E-state index contributed by atoms with van der Waals surface area (Å²) >= 11 is 13.1. The Labute approximate surface area is 325 Å². The van der Waals surface area contributed by atoms with Gasteiger partial charge in [-0.1, -0.05) is 47.5 Å². The van der Waals surface area contributed by atoms with Crippen LogP contribution >= 0.6 is 23.2 Å². The zero-order valence-electron chi connectivity index (χ0n) is 29.5. The summed E-state index contributed by atoms with van der Waals surface area (Å²) in [6, 6.07) is 13.3. The molecule has 4 aromatic rings. The first-order chi connectivity index (χ1) is 26.4. The number of carbonyl (C=O) groups is 2. The molecule has 3 N–H and O–H groups in total. The fourth-order valence-electron chi connectivity index (χ4n) is 7.42. The van der Waals surface area contributed by atoms with E-state index in [1.54, 1.807) is 6.07 Å². The van der Waals surface area contributed by atoms with Crippen molar-refractivity contribution in [1.29, 1.82) is 0 Å². The number of ether oxygens (including phenoxy) is 3. The van der Waals surface area contributed by atoms with Crippen molar-refractivity contribution < 1.29 is 52.0 Å². The molecule has 290 valence electrons. The number of halogens is 5. The number of fused-ring (bicyclic) bond motifs is 3. The van der Waals surface area contributed by atoms with Gasteiger partial charge in [0.05, 0.1) is 12.2 Å². The second kappa shape index (κ2) is 16.6. The van der Waals surface area contributed by atoms with Gasteiger partial charge in [-0.2, -0.15) is 8.78 Å². The van der Waals surface area contributed by atoms with Crippen LogP contribution in [0.25, 0.3) is 0 Å². The maximum Gasteiger partial charge on any atom is 0.387 e. The predicted molar refractivity (Wildman–Crippen MR) is 196 cm³/mol. The maximum atomic E-state index is 15.4. The van der Waals surface area contributed by atoms with E-state index in [9.17, 15) is 28.7 Å². The summed E-state index contributed by atoms with van der Waals surface area (Å²) in [4.78, 5) is 29.0. The van der Waals surface area contributed by atoms with E-state index >= 15 is 4.39 Å². The van der Waals surface area contributed by atoms with E-state index in [1.165, 1.54) is 67.0 Å². The van der Waals surface area contributed by atoms with Crippen LogP contribution < -0.4 is 19.5 Å². The normalized spacial score (nSPS) is 20.1. The summed E-state index contributed by atoms with van der Waals surface area (Å²) in [6.45, 7) is -0.397. The number of nitrogens with zero attached hydrogens (tertiary/aromatic N) is 2. The van der Waals surface area contributed by atoms with Gasteiger partial charge < -0.3 is 24.6 Å². The van der Waals surface area contributed by atoms with Gasteiger partial charge in [-0.05, 0) is 105 Å². The Morgan fingerprint density at radius 1 is 0.945 bits per heavy atom. The van der Waals surface area contributed by atoms with Crippen molar-refractivity contribution in [2.45, 2.75) is 56.8 Å². The first-order valence-electron chi connectivity index (χ1n) is 18.0. The van der Waals surface area contributed by atoms with Gasteiger partial charge in [0.25, 0.3) is 0 Å². The second-order valence-electron chi connectivity index (χ2n) is 14.2. The number of aromatic carboxylic acids is 1. The molecule has 1 unspecified atom stereocenters. The Morgan fingerprint density at radius 2 is 1.67 bits per heavy atom. The highest BCUT2D eigenvalue weighted by Gasteiger charge is 2.38. The number of nitrogens with one attached hydrogen (secondary N) is 1. The number of hydrogen-bond acceptors (Lipinski definition) is 8. The van der Waals surface area contributed by atoms with E-state index in [0.717, 1.165) is 38.8 Å². The molecule has 1 aliphatic carbocycles. The number of carbonyl (C=O) groups excluding carboxylic acids is 1. The first-order valence-corrected chi connectivity index (χ1v) is 18.8. The number of piperidine rings is 3. The summed E-state index contributed by atoms with van der Waals surface area (Å²) in [7, 11) is 0. The van der Waals surface area contributed by atoms with Crippen molar-refractivity contribution in [3.63, 3.8) is 0 Å². The Kier molecular flexibility index (Phi) is 11.6. The topological polar surface area (TPSA) is 121 Å². The molecule has 0 spiro atoms. The zero-order valence-corrected chi connectivity index (χ0v) is 31.0. The number of carboxylic acid groups (broad SMARTS) is 1. The molecular weight excluding hydrogens is 762 g/mol. The van der Waals surface area contributed by atoms with Crippen LogP contribution in [0.15, 0.2) is 73.1 Å².